The van der Waals surface area contributed by atoms with Crippen LogP contribution in [0.3, 0.4) is 0 Å². The summed E-state index contributed by atoms with van der Waals surface area (Å²) in [7, 11) is 0. The third kappa shape index (κ3) is 6.21. The van der Waals surface area contributed by atoms with Crippen LogP contribution in [0.15, 0.2) is 0 Å². The van der Waals surface area contributed by atoms with Crippen LogP contribution < -0.4 is 0 Å². The van der Waals surface area contributed by atoms with Crippen LogP contribution in [0, 0.1) is 0 Å². The molecule has 0 rings (SSSR count). The van der Waals surface area contributed by atoms with E-state index in [2.05, 4.69) is 9.78 Å². The molecule has 166 valence electrons. The van der Waals surface area contributed by atoms with Gasteiger partial charge in [0.2, 0.25) is 0 Å². The van der Waals surface area contributed by atoms with Gasteiger partial charge in [-0.25, -0.2) is 28.8 Å². The van der Waals surface area contributed by atoms with Crippen molar-refractivity contribution >= 4 is 11.9 Å². The molecule has 20 heteroatoms. The zero-order valence-electron chi connectivity index (χ0n) is 11.7. The van der Waals surface area contributed by atoms with Crippen LogP contribution >= 0.6 is 0 Å². The smallest absolute Gasteiger partial charge is 0.240 e. The van der Waals surface area contributed by atoms with E-state index in [4.69, 9.17) is 0 Å². The van der Waals surface area contributed by atoms with Crippen molar-refractivity contribution in [1.82, 2.24) is 0 Å². The Bertz CT molecular complexity index is 537. The molecule has 0 aromatic heterocycles. The number of hydrogen-bond donors (Lipinski definition) is 0. The van der Waals surface area contributed by atoms with Gasteiger partial charge in [0.25, 0.3) is 0 Å². The third-order valence-electron chi connectivity index (χ3n) is 1.96. The largest absolute Gasteiger partial charge is 0.525 e. The van der Waals surface area contributed by atoms with Crippen molar-refractivity contribution in [2.45, 2.75) is 36.8 Å². The van der Waals surface area contributed by atoms with Crippen molar-refractivity contribution in [3.63, 3.8) is 0 Å². The molecule has 6 nitrogen and oxygen atoms in total. The fraction of sp³-hybridized carbons (Fsp3) is 0.750. The fourth-order valence-corrected chi connectivity index (χ4v) is 0.932. The van der Waals surface area contributed by atoms with E-state index < -0.39 is 48.7 Å². The van der Waals surface area contributed by atoms with E-state index in [-0.39, 0.29) is 0 Å². The molecule has 0 saturated heterocycles. The average molecular weight is 458 g/mol. The maximum atomic E-state index is 13.2. The summed E-state index contributed by atoms with van der Waals surface area (Å²) in [5.41, 5.74) is 0. The number of hydrogen-bond acceptors (Lipinski definition) is 6. The van der Waals surface area contributed by atoms with Gasteiger partial charge in [-0.1, -0.05) is 0 Å². The molecule has 0 aromatic carbocycles. The Morgan fingerprint density at radius 1 is 0.464 bits per heavy atom. The van der Waals surface area contributed by atoms with Crippen LogP contribution in [0.2, 0.25) is 0 Å². The van der Waals surface area contributed by atoms with Crippen molar-refractivity contribution in [1.29, 1.82) is 0 Å². The van der Waals surface area contributed by atoms with E-state index in [0.29, 0.717) is 0 Å². The van der Waals surface area contributed by atoms with Gasteiger partial charge in [-0.05, 0) is 0 Å². The topological polar surface area (TPSA) is 71.1 Å². The average Bonchev–Trinajstić information content (AvgIpc) is 2.37. The maximum absolute atomic E-state index is 13.2. The summed E-state index contributed by atoms with van der Waals surface area (Å²) in [4.78, 5) is 25.9. The Morgan fingerprint density at radius 2 is 0.679 bits per heavy atom. The lowest BCUT2D eigenvalue weighted by molar-refractivity contribution is -0.451. The predicted molar refractivity (Wildman–Crippen MR) is 46.3 cm³/mol. The van der Waals surface area contributed by atoms with Gasteiger partial charge < -0.3 is 0 Å². The van der Waals surface area contributed by atoms with Crippen molar-refractivity contribution in [2.75, 3.05) is 0 Å². The zero-order chi connectivity index (χ0) is 23.0. The van der Waals surface area contributed by atoms with Crippen LogP contribution in [-0.2, 0) is 28.8 Å². The molecule has 0 aliphatic carbocycles. The van der Waals surface area contributed by atoms with Crippen molar-refractivity contribution in [2.24, 2.45) is 0 Å². The standard InChI is InChI=1S/C8F14O6/c9-3(5(11,12)13,27-7(17,18)19)1(23)25-26-2(24)4(10,6(14,15)16)28-8(20,21)22/t3-,4-/m0/s1. The Morgan fingerprint density at radius 3 is 0.821 bits per heavy atom. The summed E-state index contributed by atoms with van der Waals surface area (Å²) in [6.45, 7) is 0. The molecular weight excluding hydrogens is 458 g/mol. The molecule has 0 bridgehead atoms. The van der Waals surface area contributed by atoms with E-state index in [0.717, 1.165) is 0 Å². The molecule has 0 heterocycles. The van der Waals surface area contributed by atoms with Crippen LogP contribution in [0.5, 0.6) is 0 Å². The number of rotatable bonds is 4. The van der Waals surface area contributed by atoms with Gasteiger partial charge in [0.05, 0.1) is 0 Å². The molecule has 0 aromatic rings. The molecule has 0 spiro atoms. The van der Waals surface area contributed by atoms with Gasteiger partial charge in [-0.2, -0.15) is 35.1 Å². The monoisotopic (exact) mass is 458 g/mol. The van der Waals surface area contributed by atoms with Gasteiger partial charge in [-0.3, -0.25) is 0 Å². The summed E-state index contributed by atoms with van der Waals surface area (Å²) < 4.78 is 173. The summed E-state index contributed by atoms with van der Waals surface area (Å²) >= 11 is 0. The minimum Gasteiger partial charge on any atom is -0.240 e. The lowest BCUT2D eigenvalue weighted by Gasteiger charge is -2.27. The van der Waals surface area contributed by atoms with Gasteiger partial charge in [0, 0.05) is 0 Å². The van der Waals surface area contributed by atoms with Gasteiger partial charge in [0.15, 0.2) is 0 Å². The first-order chi connectivity index (χ1) is 12.0. The highest BCUT2D eigenvalue weighted by Crippen LogP contribution is 2.42. The molecule has 2 atom stereocenters. The maximum Gasteiger partial charge on any atom is 0.525 e. The number of halogens is 14. The highest BCUT2D eigenvalue weighted by molar-refractivity contribution is 5.82. The van der Waals surface area contributed by atoms with Crippen LogP contribution in [0.4, 0.5) is 61.5 Å². The first-order valence-electron chi connectivity index (χ1n) is 5.45. The predicted octanol–water partition coefficient (Wildman–Crippen LogP) is 3.52. The molecule has 0 radical (unpaired) electrons. The minimum atomic E-state index is -6.98. The van der Waals surface area contributed by atoms with Gasteiger partial charge in [-0.15, -0.1) is 26.3 Å². The fourth-order valence-electron chi connectivity index (χ4n) is 0.932. The van der Waals surface area contributed by atoms with Crippen molar-refractivity contribution in [3.8, 4) is 0 Å². The number of alkyl halides is 14. The molecule has 0 unspecified atom stereocenters. The van der Waals surface area contributed by atoms with Gasteiger partial charge >= 0.3 is 48.7 Å². The normalized spacial score (nSPS) is 18.1. The van der Waals surface area contributed by atoms with Crippen molar-refractivity contribution < 1.29 is 90.3 Å². The summed E-state index contributed by atoms with van der Waals surface area (Å²) in [5.74, 6) is -21.3. The molecule has 0 N–H and O–H groups in total. The molecule has 0 amide bonds. The second kappa shape index (κ2) is 7.37. The first kappa shape index (κ1) is 25.9. The van der Waals surface area contributed by atoms with E-state index in [1.54, 1.807) is 9.47 Å². The Balaban J connectivity index is 5.63. The molecule has 0 aliphatic rings. The zero-order valence-corrected chi connectivity index (χ0v) is 11.7. The summed E-state index contributed by atoms with van der Waals surface area (Å²) in [5, 5.41) is 0. The highest BCUT2D eigenvalue weighted by atomic mass is 19.4. The number of ether oxygens (including phenoxy) is 2. The molecule has 0 saturated carbocycles. The quantitative estimate of drug-likeness (QED) is 0.365. The van der Waals surface area contributed by atoms with E-state index in [9.17, 15) is 71.1 Å². The second-order valence-electron chi connectivity index (χ2n) is 4.02. The third-order valence-corrected chi connectivity index (χ3v) is 1.96. The van der Waals surface area contributed by atoms with Crippen LogP contribution in [0.25, 0.3) is 0 Å². The molecule has 0 aliphatic heterocycles. The lowest BCUT2D eigenvalue weighted by Crippen LogP contribution is -2.56. The molecule has 0 fully saturated rings. The SMILES string of the molecule is O=C(OOC(=O)[C@](F)(OC(F)(F)F)C(F)(F)F)[C@](F)(OC(F)(F)F)C(F)(F)F. The lowest BCUT2D eigenvalue weighted by atomic mass is 10.3. The molecular formula is C8F14O6. The Hall–Kier alpha value is -2.12. The summed E-state index contributed by atoms with van der Waals surface area (Å²) in [6.07, 6.45) is -27.2. The Kier molecular flexibility index (Phi) is 6.81. The van der Waals surface area contributed by atoms with Gasteiger partial charge in [0.1, 0.15) is 0 Å². The highest BCUT2D eigenvalue weighted by Gasteiger charge is 2.72. The van der Waals surface area contributed by atoms with Crippen molar-refractivity contribution in [3.05, 3.63) is 0 Å². The Labute approximate surface area is 140 Å². The number of carbonyl (C=O) groups excluding carboxylic acids is 2. The minimum absolute atomic E-state index is 1.73. The number of carbonyl (C=O) groups is 2. The van der Waals surface area contributed by atoms with Crippen LogP contribution in [-0.4, -0.2) is 48.7 Å². The summed E-state index contributed by atoms with van der Waals surface area (Å²) in [6, 6.07) is 0. The van der Waals surface area contributed by atoms with E-state index >= 15 is 0 Å². The van der Waals surface area contributed by atoms with E-state index in [1.807, 2.05) is 0 Å². The van der Waals surface area contributed by atoms with Crippen LogP contribution in [0.1, 0.15) is 0 Å². The second-order valence-corrected chi connectivity index (χ2v) is 4.02. The van der Waals surface area contributed by atoms with E-state index in [1.165, 1.54) is 0 Å². The molecule has 28 heavy (non-hydrogen) atoms. The first-order valence-corrected chi connectivity index (χ1v) is 5.45.